The van der Waals surface area contributed by atoms with Crippen molar-refractivity contribution in [3.63, 3.8) is 0 Å². The van der Waals surface area contributed by atoms with Gasteiger partial charge in [-0.1, -0.05) is 18.2 Å². The van der Waals surface area contributed by atoms with Gasteiger partial charge in [-0.05, 0) is 30.4 Å². The van der Waals surface area contributed by atoms with Crippen molar-refractivity contribution in [1.29, 1.82) is 0 Å². The van der Waals surface area contributed by atoms with Crippen LogP contribution >= 0.6 is 0 Å². The Morgan fingerprint density at radius 1 is 1.37 bits per heavy atom. The molecule has 1 aromatic rings. The highest BCUT2D eigenvalue weighted by atomic mass is 19.1. The van der Waals surface area contributed by atoms with Crippen LogP contribution in [0.25, 0.3) is 0 Å². The second kappa shape index (κ2) is 6.66. The van der Waals surface area contributed by atoms with Gasteiger partial charge >= 0.3 is 0 Å². The summed E-state index contributed by atoms with van der Waals surface area (Å²) < 4.78 is 18.8. The van der Waals surface area contributed by atoms with Crippen molar-refractivity contribution in [1.82, 2.24) is 4.90 Å². The van der Waals surface area contributed by atoms with Crippen molar-refractivity contribution in [2.24, 2.45) is 5.92 Å². The van der Waals surface area contributed by atoms with Gasteiger partial charge in [0.2, 0.25) is 5.91 Å². The molecule has 2 rings (SSSR count). The quantitative estimate of drug-likeness (QED) is 0.835. The van der Waals surface area contributed by atoms with Gasteiger partial charge in [0.25, 0.3) is 0 Å². The largest absolute Gasteiger partial charge is 0.381 e. The lowest BCUT2D eigenvalue weighted by Crippen LogP contribution is -2.35. The Bertz CT molecular complexity index is 430. The number of hydrogen-bond donors (Lipinski definition) is 0. The Morgan fingerprint density at radius 3 is 2.74 bits per heavy atom. The number of amides is 1. The summed E-state index contributed by atoms with van der Waals surface area (Å²) in [6.07, 6.45) is 2.13. The van der Waals surface area contributed by atoms with Crippen molar-refractivity contribution >= 4 is 5.91 Å². The van der Waals surface area contributed by atoms with Crippen LogP contribution in [-0.4, -0.2) is 37.6 Å². The predicted molar refractivity (Wildman–Crippen MR) is 71.3 cm³/mol. The molecule has 104 valence electrons. The van der Waals surface area contributed by atoms with E-state index >= 15 is 0 Å². The zero-order valence-electron chi connectivity index (χ0n) is 11.3. The van der Waals surface area contributed by atoms with E-state index in [-0.39, 0.29) is 18.1 Å². The summed E-state index contributed by atoms with van der Waals surface area (Å²) in [4.78, 5) is 13.8. The summed E-state index contributed by atoms with van der Waals surface area (Å²) in [5, 5.41) is 0. The molecule has 1 aliphatic heterocycles. The average Bonchev–Trinajstić information content (AvgIpc) is 2.42. The molecule has 0 aliphatic carbocycles. The Balaban J connectivity index is 1.87. The summed E-state index contributed by atoms with van der Waals surface area (Å²) in [5.41, 5.74) is 0.464. The van der Waals surface area contributed by atoms with E-state index in [0.717, 1.165) is 32.6 Å². The Kier molecular flexibility index (Phi) is 4.91. The van der Waals surface area contributed by atoms with E-state index in [0.29, 0.717) is 11.5 Å². The van der Waals surface area contributed by atoms with Crippen LogP contribution in [0.2, 0.25) is 0 Å². The molecule has 0 unspecified atom stereocenters. The third kappa shape index (κ3) is 4.03. The van der Waals surface area contributed by atoms with E-state index in [4.69, 9.17) is 4.74 Å². The molecule has 1 amide bonds. The number of likely N-dealkylation sites (N-methyl/N-ethyl adjacent to an activating group) is 1. The highest BCUT2D eigenvalue weighted by Crippen LogP contribution is 2.16. The maximum Gasteiger partial charge on any atom is 0.226 e. The van der Waals surface area contributed by atoms with Crippen molar-refractivity contribution < 1.29 is 13.9 Å². The number of nitrogens with zero attached hydrogens (tertiary/aromatic N) is 1. The van der Waals surface area contributed by atoms with E-state index < -0.39 is 0 Å². The third-order valence-corrected chi connectivity index (χ3v) is 3.60. The molecule has 0 atom stereocenters. The van der Waals surface area contributed by atoms with Gasteiger partial charge in [-0.25, -0.2) is 4.39 Å². The molecule has 1 fully saturated rings. The summed E-state index contributed by atoms with van der Waals surface area (Å²) in [6, 6.07) is 6.44. The molecule has 0 aromatic heterocycles. The molecular weight excluding hydrogens is 245 g/mol. The zero-order valence-corrected chi connectivity index (χ0v) is 11.3. The zero-order chi connectivity index (χ0) is 13.7. The second-order valence-electron chi connectivity index (χ2n) is 5.10. The topological polar surface area (TPSA) is 29.5 Å². The Hall–Kier alpha value is -1.42. The fourth-order valence-corrected chi connectivity index (χ4v) is 2.36. The van der Waals surface area contributed by atoms with Crippen molar-refractivity contribution in [2.45, 2.75) is 19.3 Å². The molecule has 0 radical (unpaired) electrons. The van der Waals surface area contributed by atoms with Crippen LogP contribution in [0.1, 0.15) is 18.4 Å². The lowest BCUT2D eigenvalue weighted by atomic mass is 9.99. The fourth-order valence-electron chi connectivity index (χ4n) is 2.36. The van der Waals surface area contributed by atoms with Gasteiger partial charge in [0.05, 0.1) is 6.42 Å². The van der Waals surface area contributed by atoms with Gasteiger partial charge in [-0.15, -0.1) is 0 Å². The van der Waals surface area contributed by atoms with Crippen LogP contribution in [0, 0.1) is 11.7 Å². The van der Waals surface area contributed by atoms with Crippen LogP contribution in [0.5, 0.6) is 0 Å². The molecule has 19 heavy (non-hydrogen) atoms. The standard InChI is InChI=1S/C15H20FNO2/c1-17(11-12-6-8-19-9-7-12)15(18)10-13-4-2-3-5-14(13)16/h2-5,12H,6-11H2,1H3. The molecule has 4 heteroatoms. The smallest absolute Gasteiger partial charge is 0.226 e. The highest BCUT2D eigenvalue weighted by Gasteiger charge is 2.19. The van der Waals surface area contributed by atoms with E-state index in [1.807, 2.05) is 0 Å². The number of hydrogen-bond acceptors (Lipinski definition) is 2. The number of halogens is 1. The monoisotopic (exact) mass is 265 g/mol. The van der Waals surface area contributed by atoms with Gasteiger partial charge in [0.1, 0.15) is 5.82 Å². The molecule has 1 aliphatic rings. The van der Waals surface area contributed by atoms with Crippen molar-refractivity contribution in [3.05, 3.63) is 35.6 Å². The molecule has 0 spiro atoms. The minimum Gasteiger partial charge on any atom is -0.381 e. The average molecular weight is 265 g/mol. The molecule has 1 saturated heterocycles. The predicted octanol–water partition coefficient (Wildman–Crippen LogP) is 2.25. The first-order valence-electron chi connectivity index (χ1n) is 6.72. The van der Waals surface area contributed by atoms with Crippen LogP contribution in [0.15, 0.2) is 24.3 Å². The Morgan fingerprint density at radius 2 is 2.05 bits per heavy atom. The van der Waals surface area contributed by atoms with Gasteiger partial charge in [0, 0.05) is 26.8 Å². The second-order valence-corrected chi connectivity index (χ2v) is 5.10. The normalized spacial score (nSPS) is 16.3. The van der Waals surface area contributed by atoms with E-state index in [1.165, 1.54) is 6.07 Å². The van der Waals surface area contributed by atoms with Crippen LogP contribution in [-0.2, 0) is 16.0 Å². The maximum atomic E-state index is 13.5. The van der Waals surface area contributed by atoms with Crippen LogP contribution in [0.4, 0.5) is 4.39 Å². The molecule has 0 saturated carbocycles. The van der Waals surface area contributed by atoms with Crippen LogP contribution in [0.3, 0.4) is 0 Å². The van der Waals surface area contributed by atoms with Gasteiger partial charge in [-0.2, -0.15) is 0 Å². The highest BCUT2D eigenvalue weighted by molar-refractivity contribution is 5.78. The fraction of sp³-hybridized carbons (Fsp3) is 0.533. The molecule has 0 N–H and O–H groups in total. The number of ether oxygens (including phenoxy) is 1. The molecular formula is C15H20FNO2. The first kappa shape index (κ1) is 14.0. The number of carbonyl (C=O) groups excluding carboxylic acids is 1. The van der Waals surface area contributed by atoms with Crippen LogP contribution < -0.4 is 0 Å². The van der Waals surface area contributed by atoms with Crippen molar-refractivity contribution in [3.8, 4) is 0 Å². The summed E-state index contributed by atoms with van der Waals surface area (Å²) >= 11 is 0. The van der Waals surface area contributed by atoms with Gasteiger partial charge in [0.15, 0.2) is 0 Å². The van der Waals surface area contributed by atoms with Gasteiger partial charge < -0.3 is 9.64 Å². The summed E-state index contributed by atoms with van der Waals surface area (Å²) in [7, 11) is 1.79. The van der Waals surface area contributed by atoms with E-state index in [2.05, 4.69) is 0 Å². The molecule has 1 aromatic carbocycles. The number of benzene rings is 1. The minimum atomic E-state index is -0.310. The first-order valence-corrected chi connectivity index (χ1v) is 6.72. The lowest BCUT2D eigenvalue weighted by molar-refractivity contribution is -0.130. The maximum absolute atomic E-state index is 13.5. The third-order valence-electron chi connectivity index (χ3n) is 3.60. The molecule has 1 heterocycles. The van der Waals surface area contributed by atoms with E-state index in [9.17, 15) is 9.18 Å². The van der Waals surface area contributed by atoms with E-state index in [1.54, 1.807) is 30.1 Å². The minimum absolute atomic E-state index is 0.0309. The molecule has 3 nitrogen and oxygen atoms in total. The SMILES string of the molecule is CN(CC1CCOCC1)C(=O)Cc1ccccc1F. The number of rotatable bonds is 4. The molecule has 0 bridgehead atoms. The summed E-state index contributed by atoms with van der Waals surface area (Å²) in [6.45, 7) is 2.29. The van der Waals surface area contributed by atoms with Crippen molar-refractivity contribution in [2.75, 3.05) is 26.8 Å². The lowest BCUT2D eigenvalue weighted by Gasteiger charge is -2.27. The van der Waals surface area contributed by atoms with Gasteiger partial charge in [-0.3, -0.25) is 4.79 Å². The number of carbonyl (C=O) groups is 1. The first-order chi connectivity index (χ1) is 9.16. The Labute approximate surface area is 113 Å². The summed E-state index contributed by atoms with van der Waals surface area (Å²) in [5.74, 6) is 0.162.